The van der Waals surface area contributed by atoms with Crippen LogP contribution in [-0.4, -0.2) is 48.7 Å². The summed E-state index contributed by atoms with van der Waals surface area (Å²) >= 11 is 0. The molecule has 9 heteroatoms. The van der Waals surface area contributed by atoms with Crippen LogP contribution in [0.2, 0.25) is 0 Å². The van der Waals surface area contributed by atoms with Gasteiger partial charge in [0.15, 0.2) is 0 Å². The van der Waals surface area contributed by atoms with Crippen LogP contribution in [0.4, 0.5) is 22.0 Å². The van der Waals surface area contributed by atoms with Gasteiger partial charge in [-0.1, -0.05) is 36.4 Å². The summed E-state index contributed by atoms with van der Waals surface area (Å²) in [5, 5.41) is 12.3. The first-order chi connectivity index (χ1) is 13.2. The number of aliphatic hydroxyl groups is 1. The van der Waals surface area contributed by atoms with E-state index in [2.05, 4.69) is 5.32 Å². The van der Waals surface area contributed by atoms with Crippen molar-refractivity contribution in [3.8, 4) is 11.1 Å². The Morgan fingerprint density at radius 1 is 0.862 bits per heavy atom. The Balaban J connectivity index is 0.00000300. The van der Waals surface area contributed by atoms with Crippen molar-refractivity contribution < 1.29 is 27.1 Å². The Bertz CT molecular complexity index is 775. The number of rotatable bonds is 5. The number of nitrogens with zero attached hydrogens (tertiary/aromatic N) is 1. The first-order valence-corrected chi connectivity index (χ1v) is 8.93. The van der Waals surface area contributed by atoms with Crippen LogP contribution in [0.3, 0.4) is 0 Å². The molecule has 0 bridgehead atoms. The van der Waals surface area contributed by atoms with Crippen LogP contribution < -0.4 is 5.32 Å². The predicted molar refractivity (Wildman–Crippen MR) is 103 cm³/mol. The van der Waals surface area contributed by atoms with Gasteiger partial charge in [0.05, 0.1) is 5.56 Å². The van der Waals surface area contributed by atoms with E-state index < -0.39 is 30.3 Å². The normalized spacial score (nSPS) is 16.9. The zero-order valence-corrected chi connectivity index (χ0v) is 16.2. The summed E-state index contributed by atoms with van der Waals surface area (Å²) in [4.78, 5) is 1.64. The third-order valence-electron chi connectivity index (χ3n) is 4.90. The van der Waals surface area contributed by atoms with Crippen molar-refractivity contribution in [2.24, 2.45) is 0 Å². The van der Waals surface area contributed by atoms with Crippen molar-refractivity contribution in [3.05, 3.63) is 59.7 Å². The van der Waals surface area contributed by atoms with Crippen LogP contribution in [0, 0.1) is 0 Å². The minimum Gasteiger partial charge on any atom is -0.390 e. The zero-order valence-electron chi connectivity index (χ0n) is 15.4. The summed E-state index contributed by atoms with van der Waals surface area (Å²) in [6.45, 7) is 0.771. The summed E-state index contributed by atoms with van der Waals surface area (Å²) in [5.74, 6) is -3.31. The maximum Gasteiger partial charge on any atom is 0.416 e. The molecule has 0 aromatic heterocycles. The van der Waals surface area contributed by atoms with Gasteiger partial charge in [-0.05, 0) is 28.8 Å². The van der Waals surface area contributed by atoms with Crippen molar-refractivity contribution in [2.75, 3.05) is 32.8 Å². The van der Waals surface area contributed by atoms with Crippen LogP contribution in [0.1, 0.15) is 17.2 Å². The largest absolute Gasteiger partial charge is 0.416 e. The lowest BCUT2D eigenvalue weighted by atomic mass is 9.95. The molecule has 0 radical (unpaired) electrons. The minimum absolute atomic E-state index is 0. The Hall–Kier alpha value is -1.74. The topological polar surface area (TPSA) is 35.5 Å². The summed E-state index contributed by atoms with van der Waals surface area (Å²) < 4.78 is 67.0. The van der Waals surface area contributed by atoms with Gasteiger partial charge in [0.1, 0.15) is 12.6 Å². The number of hydrogen-bond acceptors (Lipinski definition) is 3. The Labute approximate surface area is 171 Å². The van der Waals surface area contributed by atoms with Gasteiger partial charge >= 0.3 is 6.18 Å². The molecule has 1 heterocycles. The molecular weight excluding hydrogens is 415 g/mol. The highest BCUT2D eigenvalue weighted by Gasteiger charge is 2.44. The van der Waals surface area contributed by atoms with Crippen LogP contribution >= 0.6 is 12.4 Å². The molecule has 1 aliphatic rings. The molecule has 3 rings (SSSR count). The van der Waals surface area contributed by atoms with Gasteiger partial charge in [0.25, 0.3) is 5.92 Å². The first kappa shape index (κ1) is 23.5. The molecule has 1 atom stereocenters. The van der Waals surface area contributed by atoms with E-state index in [4.69, 9.17) is 0 Å². The number of benzene rings is 2. The zero-order chi connectivity index (χ0) is 20.4. The number of aliphatic hydroxyl groups excluding tert-OH is 1. The average Bonchev–Trinajstić information content (AvgIpc) is 2.69. The molecular formula is C20H22ClF5N2O. The van der Waals surface area contributed by atoms with Gasteiger partial charge in [-0.15, -0.1) is 12.4 Å². The number of nitrogens with one attached hydrogen (secondary N) is 1. The predicted octanol–water partition coefficient (Wildman–Crippen LogP) is 4.37. The first-order valence-electron chi connectivity index (χ1n) is 8.93. The second-order valence-corrected chi connectivity index (χ2v) is 6.80. The standard InChI is InChI=1S/C20H21F5N2O.ClH/c21-19(22,13-28)18(27-11-9-26-10-12-27)16-3-1-14(2-4-16)15-5-7-17(8-6-15)20(23,24)25;/h1-8,18,26,28H,9-13H2;1H/t18-;/m1./s1. The molecule has 0 amide bonds. The van der Waals surface area contributed by atoms with Crippen LogP contribution in [-0.2, 0) is 6.18 Å². The van der Waals surface area contributed by atoms with Gasteiger partial charge < -0.3 is 10.4 Å². The van der Waals surface area contributed by atoms with Gasteiger partial charge in [0, 0.05) is 26.2 Å². The van der Waals surface area contributed by atoms with E-state index in [-0.39, 0.29) is 12.4 Å². The number of alkyl halides is 5. The van der Waals surface area contributed by atoms with Crippen molar-refractivity contribution in [3.63, 3.8) is 0 Å². The smallest absolute Gasteiger partial charge is 0.390 e. The van der Waals surface area contributed by atoms with Crippen molar-refractivity contribution in [1.82, 2.24) is 10.2 Å². The van der Waals surface area contributed by atoms with Crippen molar-refractivity contribution in [2.45, 2.75) is 18.1 Å². The van der Waals surface area contributed by atoms with Crippen LogP contribution in [0.15, 0.2) is 48.5 Å². The fourth-order valence-corrected chi connectivity index (χ4v) is 3.46. The molecule has 3 nitrogen and oxygen atoms in total. The van der Waals surface area contributed by atoms with Crippen molar-refractivity contribution >= 4 is 12.4 Å². The second kappa shape index (κ2) is 9.38. The number of halogens is 6. The molecule has 2 aromatic rings. The number of piperazine rings is 1. The minimum atomic E-state index is -4.41. The van der Waals surface area contributed by atoms with Crippen LogP contribution in [0.25, 0.3) is 11.1 Å². The molecule has 1 saturated heterocycles. The molecule has 0 saturated carbocycles. The summed E-state index contributed by atoms with van der Waals surface area (Å²) in [6, 6.07) is 9.75. The summed E-state index contributed by atoms with van der Waals surface area (Å²) in [6.07, 6.45) is -4.41. The molecule has 29 heavy (non-hydrogen) atoms. The van der Waals surface area contributed by atoms with Gasteiger partial charge in [-0.2, -0.15) is 13.2 Å². The van der Waals surface area contributed by atoms with Gasteiger partial charge in [-0.25, -0.2) is 8.78 Å². The lowest BCUT2D eigenvalue weighted by molar-refractivity contribution is -0.137. The quantitative estimate of drug-likeness (QED) is 0.683. The fourth-order valence-electron chi connectivity index (χ4n) is 3.46. The maximum atomic E-state index is 14.4. The molecule has 2 N–H and O–H groups in total. The maximum absolute atomic E-state index is 14.4. The summed E-state index contributed by atoms with van der Waals surface area (Å²) in [7, 11) is 0. The third kappa shape index (κ3) is 5.45. The van der Waals surface area contributed by atoms with E-state index in [1.54, 1.807) is 29.2 Å². The molecule has 1 fully saturated rings. The highest BCUT2D eigenvalue weighted by Crippen LogP contribution is 2.37. The van der Waals surface area contributed by atoms with E-state index >= 15 is 0 Å². The Kier molecular flexibility index (Phi) is 7.62. The second-order valence-electron chi connectivity index (χ2n) is 6.80. The van der Waals surface area contributed by atoms with E-state index in [0.717, 1.165) is 12.1 Å². The highest BCUT2D eigenvalue weighted by molar-refractivity contribution is 5.85. The molecule has 0 unspecified atom stereocenters. The Morgan fingerprint density at radius 3 is 1.79 bits per heavy atom. The average molecular weight is 437 g/mol. The third-order valence-corrected chi connectivity index (χ3v) is 4.90. The Morgan fingerprint density at radius 2 is 1.34 bits per heavy atom. The van der Waals surface area contributed by atoms with E-state index in [1.165, 1.54) is 12.1 Å². The fraction of sp³-hybridized carbons (Fsp3) is 0.400. The van der Waals surface area contributed by atoms with Gasteiger partial charge in [0.2, 0.25) is 0 Å². The molecule has 160 valence electrons. The number of hydrogen-bond donors (Lipinski definition) is 2. The van der Waals surface area contributed by atoms with Gasteiger partial charge in [-0.3, -0.25) is 4.90 Å². The molecule has 0 aliphatic carbocycles. The van der Waals surface area contributed by atoms with Crippen molar-refractivity contribution in [1.29, 1.82) is 0 Å². The highest BCUT2D eigenvalue weighted by atomic mass is 35.5. The summed E-state index contributed by atoms with van der Waals surface area (Å²) in [5.41, 5.74) is 0.807. The lowest BCUT2D eigenvalue weighted by Gasteiger charge is -2.38. The van der Waals surface area contributed by atoms with E-state index in [9.17, 15) is 27.1 Å². The van der Waals surface area contributed by atoms with E-state index in [0.29, 0.717) is 42.9 Å². The van der Waals surface area contributed by atoms with E-state index in [1.807, 2.05) is 0 Å². The SMILES string of the molecule is Cl.OCC(F)(F)[C@@H](c1ccc(-c2ccc(C(F)(F)F)cc2)cc1)N1CCNCC1. The van der Waals surface area contributed by atoms with Crippen LogP contribution in [0.5, 0.6) is 0 Å². The lowest BCUT2D eigenvalue weighted by Crippen LogP contribution is -2.51. The molecule has 1 aliphatic heterocycles. The monoisotopic (exact) mass is 436 g/mol. The molecule has 0 spiro atoms. The molecule has 2 aromatic carbocycles.